The highest BCUT2D eigenvalue weighted by Crippen LogP contribution is 2.30. The standard InChI is InChI=1S/C21H26FNO2/c1-6-17(22)12-18-14(3)13(2)11-19(23-20(18)24)15-7-9-16(10-8-15)21(4,5)25/h6-14,25H,1-5H3,(H,23,24). The summed E-state index contributed by atoms with van der Waals surface area (Å²) in [6.07, 6.45) is 4.65. The Labute approximate surface area is 149 Å². The molecule has 1 aliphatic rings. The van der Waals surface area contributed by atoms with Crippen molar-refractivity contribution in [2.75, 3.05) is 0 Å². The predicted octanol–water partition coefficient (Wildman–Crippen LogP) is 4.46. The van der Waals surface area contributed by atoms with E-state index in [0.717, 1.165) is 11.1 Å². The Bertz CT molecular complexity index is 736. The number of hydrogen-bond donors (Lipinski definition) is 2. The van der Waals surface area contributed by atoms with Crippen LogP contribution in [-0.4, -0.2) is 11.0 Å². The number of hydrogen-bond acceptors (Lipinski definition) is 2. The van der Waals surface area contributed by atoms with Crippen molar-refractivity contribution < 1.29 is 14.3 Å². The van der Waals surface area contributed by atoms with Crippen molar-refractivity contribution in [3.8, 4) is 0 Å². The molecule has 4 heteroatoms. The van der Waals surface area contributed by atoms with E-state index in [4.69, 9.17) is 0 Å². The molecule has 0 aromatic heterocycles. The van der Waals surface area contributed by atoms with E-state index < -0.39 is 11.4 Å². The van der Waals surface area contributed by atoms with Crippen LogP contribution in [0.4, 0.5) is 4.39 Å². The van der Waals surface area contributed by atoms with Crippen molar-refractivity contribution in [1.82, 2.24) is 5.32 Å². The minimum absolute atomic E-state index is 0.0683. The fourth-order valence-corrected chi connectivity index (χ4v) is 2.79. The fourth-order valence-electron chi connectivity index (χ4n) is 2.79. The van der Waals surface area contributed by atoms with Gasteiger partial charge in [-0.15, -0.1) is 0 Å². The minimum Gasteiger partial charge on any atom is -0.386 e. The first-order valence-electron chi connectivity index (χ1n) is 8.53. The molecule has 0 radical (unpaired) electrons. The van der Waals surface area contributed by atoms with Crippen LogP contribution < -0.4 is 5.32 Å². The highest BCUT2D eigenvalue weighted by molar-refractivity contribution is 6.00. The maximum atomic E-state index is 13.7. The Hall–Kier alpha value is -2.20. The van der Waals surface area contributed by atoms with Crippen LogP contribution in [0.1, 0.15) is 45.7 Å². The average Bonchev–Trinajstić information content (AvgIpc) is 2.66. The molecule has 134 valence electrons. The average molecular weight is 343 g/mol. The van der Waals surface area contributed by atoms with Crippen molar-refractivity contribution in [2.45, 2.75) is 40.2 Å². The van der Waals surface area contributed by atoms with Crippen LogP contribution in [0, 0.1) is 11.8 Å². The molecule has 2 unspecified atom stereocenters. The van der Waals surface area contributed by atoms with E-state index in [2.05, 4.69) is 5.32 Å². The van der Waals surface area contributed by atoms with E-state index in [1.165, 1.54) is 12.2 Å². The van der Waals surface area contributed by atoms with Gasteiger partial charge in [-0.3, -0.25) is 4.79 Å². The number of rotatable bonds is 3. The van der Waals surface area contributed by atoms with Gasteiger partial charge in [0.2, 0.25) is 0 Å². The summed E-state index contributed by atoms with van der Waals surface area (Å²) in [6, 6.07) is 7.44. The van der Waals surface area contributed by atoms with Crippen molar-refractivity contribution in [3.05, 3.63) is 65.0 Å². The van der Waals surface area contributed by atoms with Crippen molar-refractivity contribution in [3.63, 3.8) is 0 Å². The Morgan fingerprint density at radius 3 is 2.36 bits per heavy atom. The van der Waals surface area contributed by atoms with Crippen LogP contribution in [0.5, 0.6) is 0 Å². The molecule has 1 aromatic rings. The van der Waals surface area contributed by atoms with Gasteiger partial charge in [-0.05, 0) is 49.8 Å². The summed E-state index contributed by atoms with van der Waals surface area (Å²) in [5.41, 5.74) is 1.88. The second-order valence-electron chi connectivity index (χ2n) is 7.09. The second kappa shape index (κ2) is 7.36. The van der Waals surface area contributed by atoms with Gasteiger partial charge in [0, 0.05) is 11.3 Å². The SMILES string of the molecule is CC=C(F)C=C1C(=O)NC(c2ccc(C(C)(C)O)cc2)=CC(C)C1C. The molecular weight excluding hydrogens is 317 g/mol. The minimum atomic E-state index is -0.915. The molecule has 1 heterocycles. The van der Waals surface area contributed by atoms with Crippen LogP contribution in [0.15, 0.2) is 53.9 Å². The summed E-state index contributed by atoms with van der Waals surface area (Å²) in [7, 11) is 0. The van der Waals surface area contributed by atoms with Crippen molar-refractivity contribution in [1.29, 1.82) is 0 Å². The lowest BCUT2D eigenvalue weighted by molar-refractivity contribution is -0.116. The van der Waals surface area contributed by atoms with Gasteiger partial charge in [-0.1, -0.05) is 50.3 Å². The van der Waals surface area contributed by atoms with E-state index in [9.17, 15) is 14.3 Å². The predicted molar refractivity (Wildman–Crippen MR) is 99.1 cm³/mol. The lowest BCUT2D eigenvalue weighted by atomic mass is 9.88. The first-order chi connectivity index (χ1) is 11.6. The van der Waals surface area contributed by atoms with Crippen LogP contribution in [0.2, 0.25) is 0 Å². The molecule has 2 atom stereocenters. The fraction of sp³-hybridized carbons (Fsp3) is 0.381. The van der Waals surface area contributed by atoms with Gasteiger partial charge in [0.1, 0.15) is 5.83 Å². The Morgan fingerprint density at radius 1 is 1.24 bits per heavy atom. The zero-order chi connectivity index (χ0) is 18.8. The maximum Gasteiger partial charge on any atom is 0.251 e. The smallest absolute Gasteiger partial charge is 0.251 e. The summed E-state index contributed by atoms with van der Waals surface area (Å²) in [6.45, 7) is 8.99. The molecule has 0 fully saturated rings. The molecule has 1 aromatic carbocycles. The lowest BCUT2D eigenvalue weighted by Crippen LogP contribution is -2.25. The van der Waals surface area contributed by atoms with Crippen molar-refractivity contribution in [2.24, 2.45) is 11.8 Å². The van der Waals surface area contributed by atoms with Gasteiger partial charge < -0.3 is 10.4 Å². The first-order valence-corrected chi connectivity index (χ1v) is 8.53. The highest BCUT2D eigenvalue weighted by Gasteiger charge is 2.27. The Balaban J connectivity index is 2.37. The van der Waals surface area contributed by atoms with Crippen LogP contribution in [0.25, 0.3) is 5.70 Å². The zero-order valence-electron chi connectivity index (χ0n) is 15.4. The molecule has 2 N–H and O–H groups in total. The number of halogens is 1. The second-order valence-corrected chi connectivity index (χ2v) is 7.09. The third-order valence-electron chi connectivity index (χ3n) is 4.69. The van der Waals surface area contributed by atoms with E-state index in [-0.39, 0.29) is 17.7 Å². The number of carbonyl (C=O) groups excluding carboxylic acids is 1. The molecule has 3 nitrogen and oxygen atoms in total. The number of aliphatic hydroxyl groups is 1. The largest absolute Gasteiger partial charge is 0.386 e. The Kier molecular flexibility index (Phi) is 5.63. The molecule has 25 heavy (non-hydrogen) atoms. The summed E-state index contributed by atoms with van der Waals surface area (Å²) in [5, 5.41) is 13.0. The van der Waals surface area contributed by atoms with Gasteiger partial charge >= 0.3 is 0 Å². The van der Waals surface area contributed by atoms with Gasteiger partial charge in [-0.2, -0.15) is 0 Å². The number of allylic oxidation sites excluding steroid dienone is 4. The summed E-state index contributed by atoms with van der Waals surface area (Å²) < 4.78 is 13.7. The maximum absolute atomic E-state index is 13.7. The van der Waals surface area contributed by atoms with E-state index in [1.54, 1.807) is 20.8 Å². The number of carbonyl (C=O) groups is 1. The molecule has 0 spiro atoms. The van der Waals surface area contributed by atoms with Gasteiger partial charge in [0.25, 0.3) is 5.91 Å². The topological polar surface area (TPSA) is 49.3 Å². The normalized spacial score (nSPS) is 24.0. The highest BCUT2D eigenvalue weighted by atomic mass is 19.1. The molecule has 1 aliphatic heterocycles. The summed E-state index contributed by atoms with van der Waals surface area (Å²) in [4.78, 5) is 12.6. The third kappa shape index (κ3) is 4.45. The molecule has 0 aliphatic carbocycles. The quantitative estimate of drug-likeness (QED) is 0.796. The summed E-state index contributed by atoms with van der Waals surface area (Å²) in [5.74, 6) is -0.730. The van der Waals surface area contributed by atoms with Gasteiger partial charge in [0.15, 0.2) is 0 Å². The van der Waals surface area contributed by atoms with Crippen LogP contribution >= 0.6 is 0 Å². The Morgan fingerprint density at radius 2 is 1.84 bits per heavy atom. The lowest BCUT2D eigenvalue weighted by Gasteiger charge is -2.18. The van der Waals surface area contributed by atoms with Crippen molar-refractivity contribution >= 4 is 11.6 Å². The number of benzene rings is 1. The van der Waals surface area contributed by atoms with Gasteiger partial charge in [0.05, 0.1) is 5.60 Å². The molecule has 0 bridgehead atoms. The molecule has 2 rings (SSSR count). The zero-order valence-corrected chi connectivity index (χ0v) is 15.4. The van der Waals surface area contributed by atoms with E-state index in [1.807, 2.05) is 44.2 Å². The van der Waals surface area contributed by atoms with Crippen LogP contribution in [-0.2, 0) is 10.4 Å². The monoisotopic (exact) mass is 343 g/mol. The number of amides is 1. The molecule has 0 saturated carbocycles. The third-order valence-corrected chi connectivity index (χ3v) is 4.69. The van der Waals surface area contributed by atoms with E-state index >= 15 is 0 Å². The van der Waals surface area contributed by atoms with Gasteiger partial charge in [-0.25, -0.2) is 4.39 Å². The first kappa shape index (κ1) is 19.1. The van der Waals surface area contributed by atoms with E-state index in [0.29, 0.717) is 11.3 Å². The van der Waals surface area contributed by atoms with Crippen LogP contribution in [0.3, 0.4) is 0 Å². The summed E-state index contributed by atoms with van der Waals surface area (Å²) >= 11 is 0. The molecule has 1 amide bonds. The molecule has 0 saturated heterocycles. The molecular formula is C21H26FNO2. The number of nitrogens with one attached hydrogen (secondary N) is 1.